The fourth-order valence-electron chi connectivity index (χ4n) is 2.45. The van der Waals surface area contributed by atoms with Crippen LogP contribution in [0.2, 0.25) is 0 Å². The van der Waals surface area contributed by atoms with Crippen LogP contribution in [-0.4, -0.2) is 31.2 Å². The Morgan fingerprint density at radius 3 is 2.60 bits per heavy atom. The zero-order valence-electron chi connectivity index (χ0n) is 11.3. The Kier molecular flexibility index (Phi) is 4.70. The summed E-state index contributed by atoms with van der Waals surface area (Å²) in [6, 6.07) is 18.5. The van der Waals surface area contributed by atoms with Gasteiger partial charge in [0.2, 0.25) is 0 Å². The Bertz CT molecular complexity index is 564. The van der Waals surface area contributed by atoms with Gasteiger partial charge >= 0.3 is 0 Å². The van der Waals surface area contributed by atoms with Crippen LogP contribution < -0.4 is 0 Å². The second kappa shape index (κ2) is 6.70. The van der Waals surface area contributed by atoms with Gasteiger partial charge in [0, 0.05) is 23.2 Å². The van der Waals surface area contributed by atoms with Crippen molar-refractivity contribution >= 4 is 22.6 Å². The average molecular weight is 378 g/mol. The molecule has 20 heavy (non-hydrogen) atoms. The third-order valence-electron chi connectivity index (χ3n) is 3.47. The van der Waals surface area contributed by atoms with E-state index in [-0.39, 0.29) is 0 Å². The minimum Gasteiger partial charge on any atom is -0.379 e. The number of benzene rings is 2. The molecule has 2 nitrogen and oxygen atoms in total. The first kappa shape index (κ1) is 14.0. The predicted molar refractivity (Wildman–Crippen MR) is 89.5 cm³/mol. The van der Waals surface area contributed by atoms with Gasteiger partial charge in [-0.2, -0.15) is 0 Å². The summed E-state index contributed by atoms with van der Waals surface area (Å²) in [6.07, 6.45) is 0. The molecule has 2 aromatic rings. The van der Waals surface area contributed by atoms with Crippen LogP contribution >= 0.6 is 22.6 Å². The van der Waals surface area contributed by atoms with E-state index < -0.39 is 0 Å². The van der Waals surface area contributed by atoms with E-state index in [1.807, 2.05) is 6.07 Å². The molecule has 103 valence electrons. The molecule has 1 heterocycles. The van der Waals surface area contributed by atoms with Gasteiger partial charge in [-0.1, -0.05) is 30.3 Å². The quantitative estimate of drug-likeness (QED) is 0.757. The maximum atomic E-state index is 5.40. The Morgan fingerprint density at radius 2 is 1.85 bits per heavy atom. The summed E-state index contributed by atoms with van der Waals surface area (Å²) in [7, 11) is 0. The van der Waals surface area contributed by atoms with Gasteiger partial charge in [-0.05, 0) is 57.5 Å². The summed E-state index contributed by atoms with van der Waals surface area (Å²) in [6.45, 7) is 4.67. The molecule has 0 unspecified atom stereocenters. The number of hydrogen-bond donors (Lipinski definition) is 0. The van der Waals surface area contributed by atoms with Crippen LogP contribution in [0.1, 0.15) is 5.56 Å². The van der Waals surface area contributed by atoms with E-state index in [1.165, 1.54) is 20.3 Å². The number of rotatable bonds is 3. The maximum Gasteiger partial charge on any atom is 0.0594 e. The van der Waals surface area contributed by atoms with E-state index >= 15 is 0 Å². The van der Waals surface area contributed by atoms with E-state index in [2.05, 4.69) is 70.0 Å². The van der Waals surface area contributed by atoms with Crippen molar-refractivity contribution in [2.75, 3.05) is 26.3 Å². The van der Waals surface area contributed by atoms with Crippen molar-refractivity contribution in [2.45, 2.75) is 6.54 Å². The van der Waals surface area contributed by atoms with Crippen LogP contribution in [0.3, 0.4) is 0 Å². The molecule has 2 aromatic carbocycles. The molecule has 0 bridgehead atoms. The van der Waals surface area contributed by atoms with Gasteiger partial charge in [-0.3, -0.25) is 4.90 Å². The van der Waals surface area contributed by atoms with Crippen molar-refractivity contribution < 1.29 is 4.74 Å². The summed E-state index contributed by atoms with van der Waals surface area (Å²) < 4.78 is 6.67. The summed E-state index contributed by atoms with van der Waals surface area (Å²) in [5.74, 6) is 0. The van der Waals surface area contributed by atoms with Gasteiger partial charge in [-0.25, -0.2) is 0 Å². The Labute approximate surface area is 133 Å². The van der Waals surface area contributed by atoms with Crippen molar-refractivity contribution in [1.29, 1.82) is 0 Å². The zero-order chi connectivity index (χ0) is 13.8. The lowest BCUT2D eigenvalue weighted by Crippen LogP contribution is -2.35. The number of nitrogens with zero attached hydrogens (tertiary/aromatic N) is 1. The SMILES string of the molecule is Ic1cc(CN2CCOCC2)[c]c(-c2ccccc2)c1. The van der Waals surface area contributed by atoms with E-state index in [1.54, 1.807) is 0 Å². The molecule has 1 radical (unpaired) electrons. The van der Waals surface area contributed by atoms with Crippen molar-refractivity contribution in [2.24, 2.45) is 0 Å². The van der Waals surface area contributed by atoms with Gasteiger partial charge in [0.25, 0.3) is 0 Å². The van der Waals surface area contributed by atoms with E-state index in [0.29, 0.717) is 0 Å². The van der Waals surface area contributed by atoms with E-state index in [0.717, 1.165) is 32.8 Å². The molecule has 1 fully saturated rings. The summed E-state index contributed by atoms with van der Waals surface area (Å²) in [5.41, 5.74) is 3.67. The number of hydrogen-bond acceptors (Lipinski definition) is 2. The van der Waals surface area contributed by atoms with E-state index in [9.17, 15) is 0 Å². The molecule has 3 rings (SSSR count). The molecule has 0 N–H and O–H groups in total. The first-order chi connectivity index (χ1) is 9.81. The third-order valence-corrected chi connectivity index (χ3v) is 4.09. The highest BCUT2D eigenvalue weighted by atomic mass is 127. The van der Waals surface area contributed by atoms with Crippen molar-refractivity contribution in [3.63, 3.8) is 0 Å². The Morgan fingerprint density at radius 1 is 1.10 bits per heavy atom. The smallest absolute Gasteiger partial charge is 0.0594 e. The van der Waals surface area contributed by atoms with Crippen LogP contribution in [0.5, 0.6) is 0 Å². The number of halogens is 1. The second-order valence-corrected chi connectivity index (χ2v) is 6.24. The number of morpholine rings is 1. The molecule has 3 heteroatoms. The molecule has 0 aliphatic carbocycles. The first-order valence-corrected chi connectivity index (χ1v) is 7.96. The summed E-state index contributed by atoms with van der Waals surface area (Å²) >= 11 is 2.39. The summed E-state index contributed by atoms with van der Waals surface area (Å²) in [4.78, 5) is 2.43. The van der Waals surface area contributed by atoms with Crippen molar-refractivity contribution in [3.05, 3.63) is 57.7 Å². The molecule has 1 aliphatic rings. The molecule has 1 saturated heterocycles. The molecule has 0 aromatic heterocycles. The zero-order valence-corrected chi connectivity index (χ0v) is 13.5. The fourth-order valence-corrected chi connectivity index (χ4v) is 3.14. The highest BCUT2D eigenvalue weighted by Crippen LogP contribution is 2.23. The highest BCUT2D eigenvalue weighted by Gasteiger charge is 2.12. The minimum absolute atomic E-state index is 0.843. The van der Waals surface area contributed by atoms with Crippen LogP contribution in [0, 0.1) is 9.64 Å². The first-order valence-electron chi connectivity index (χ1n) is 6.88. The topological polar surface area (TPSA) is 12.5 Å². The third kappa shape index (κ3) is 3.59. The molecule has 0 spiro atoms. The van der Waals surface area contributed by atoms with Crippen LogP contribution in [-0.2, 0) is 11.3 Å². The fraction of sp³-hybridized carbons (Fsp3) is 0.294. The molecule has 0 saturated carbocycles. The van der Waals surface area contributed by atoms with Crippen LogP contribution in [0.25, 0.3) is 11.1 Å². The molecule has 1 aliphatic heterocycles. The molecular weight excluding hydrogens is 361 g/mol. The predicted octanol–water partition coefficient (Wildman–Crippen LogP) is 3.59. The highest BCUT2D eigenvalue weighted by molar-refractivity contribution is 14.1. The van der Waals surface area contributed by atoms with Crippen molar-refractivity contribution in [3.8, 4) is 11.1 Å². The second-order valence-electron chi connectivity index (χ2n) is 4.99. The van der Waals surface area contributed by atoms with Gasteiger partial charge in [0.1, 0.15) is 0 Å². The van der Waals surface area contributed by atoms with E-state index in [4.69, 9.17) is 4.74 Å². The van der Waals surface area contributed by atoms with Crippen LogP contribution in [0.15, 0.2) is 42.5 Å². The molecule has 0 atom stereocenters. The maximum absolute atomic E-state index is 5.40. The monoisotopic (exact) mass is 378 g/mol. The normalized spacial score (nSPS) is 16.2. The lowest BCUT2D eigenvalue weighted by molar-refractivity contribution is 0.0341. The van der Waals surface area contributed by atoms with Crippen LogP contribution in [0.4, 0.5) is 0 Å². The summed E-state index contributed by atoms with van der Waals surface area (Å²) in [5, 5.41) is 0. The standard InChI is InChI=1S/C17H17INO/c18-17-11-14(13-19-6-8-20-9-7-19)10-16(12-17)15-4-2-1-3-5-15/h1-5,11-12H,6-9,13H2. The van der Waals surface area contributed by atoms with Gasteiger partial charge in [0.05, 0.1) is 13.2 Å². The molecule has 0 amide bonds. The van der Waals surface area contributed by atoms with Crippen molar-refractivity contribution in [1.82, 2.24) is 4.90 Å². The average Bonchev–Trinajstić information content (AvgIpc) is 2.49. The Hall–Kier alpha value is -0.910. The Balaban J connectivity index is 1.83. The van der Waals surface area contributed by atoms with Gasteiger partial charge < -0.3 is 4.74 Å². The van der Waals surface area contributed by atoms with Gasteiger partial charge in [-0.15, -0.1) is 0 Å². The molecular formula is C17H17INO. The lowest BCUT2D eigenvalue weighted by Gasteiger charge is -2.26. The minimum atomic E-state index is 0.843. The lowest BCUT2D eigenvalue weighted by atomic mass is 10.0. The van der Waals surface area contributed by atoms with Gasteiger partial charge in [0.15, 0.2) is 0 Å². The largest absolute Gasteiger partial charge is 0.379 e. The number of ether oxygens (including phenoxy) is 1.